The van der Waals surface area contributed by atoms with Gasteiger partial charge in [-0.1, -0.05) is 12.1 Å². The van der Waals surface area contributed by atoms with Gasteiger partial charge >= 0.3 is 0 Å². The summed E-state index contributed by atoms with van der Waals surface area (Å²) >= 11 is 1.68. The van der Waals surface area contributed by atoms with Crippen LogP contribution in [0.5, 0.6) is 0 Å². The molecule has 0 N–H and O–H groups in total. The molecule has 122 valence electrons. The zero-order valence-corrected chi connectivity index (χ0v) is 14.3. The largest absolute Gasteiger partial charge is 0.378 e. The monoisotopic (exact) mass is 329 g/mol. The Labute approximate surface area is 141 Å². The zero-order chi connectivity index (χ0) is 16.1. The fourth-order valence-corrected chi connectivity index (χ4v) is 3.59. The Morgan fingerprint density at radius 1 is 1.22 bits per heavy atom. The molecule has 2 aromatic rings. The first-order valence-electron chi connectivity index (χ1n) is 8.24. The van der Waals surface area contributed by atoms with Crippen LogP contribution in [0, 0.1) is 0 Å². The molecule has 0 unspecified atom stereocenters. The van der Waals surface area contributed by atoms with Crippen LogP contribution in [0.15, 0.2) is 41.1 Å². The van der Waals surface area contributed by atoms with Crippen LogP contribution < -0.4 is 0 Å². The highest BCUT2D eigenvalue weighted by Gasteiger charge is 2.17. The molecule has 0 saturated carbocycles. The fraction of sp³-hybridized carbons (Fsp3) is 0.421. The maximum absolute atomic E-state index is 12.5. The van der Waals surface area contributed by atoms with Crippen LogP contribution in [0.2, 0.25) is 0 Å². The SMILES string of the molecule is CN(CC[C@H]1CCCCO1)C(=O)c1ccc(-c2ccsc2)cc1. The van der Waals surface area contributed by atoms with Crippen molar-refractivity contribution in [2.24, 2.45) is 0 Å². The predicted molar refractivity (Wildman–Crippen MR) is 94.9 cm³/mol. The Hall–Kier alpha value is -1.65. The minimum absolute atomic E-state index is 0.0812. The van der Waals surface area contributed by atoms with Gasteiger partial charge in [0.2, 0.25) is 0 Å². The number of benzene rings is 1. The summed E-state index contributed by atoms with van der Waals surface area (Å²) < 4.78 is 5.73. The lowest BCUT2D eigenvalue weighted by Crippen LogP contribution is -2.31. The van der Waals surface area contributed by atoms with Gasteiger partial charge in [0.25, 0.3) is 5.91 Å². The standard InChI is InChI=1S/C19H23NO2S/c1-20(11-9-18-4-2-3-12-22-18)19(21)16-7-5-15(6-8-16)17-10-13-23-14-17/h5-8,10,13-14,18H,2-4,9,11-12H2,1H3/t18-/m1/s1. The normalized spacial score (nSPS) is 17.9. The van der Waals surface area contributed by atoms with Crippen LogP contribution in [-0.2, 0) is 4.74 Å². The summed E-state index contributed by atoms with van der Waals surface area (Å²) in [4.78, 5) is 14.3. The van der Waals surface area contributed by atoms with E-state index in [1.807, 2.05) is 31.3 Å². The molecule has 1 amide bonds. The molecule has 0 spiro atoms. The summed E-state index contributed by atoms with van der Waals surface area (Å²) in [6, 6.07) is 9.98. The molecule has 4 heteroatoms. The number of carbonyl (C=O) groups excluding carboxylic acids is 1. The van der Waals surface area contributed by atoms with Gasteiger partial charge in [0.1, 0.15) is 0 Å². The van der Waals surface area contributed by atoms with Crippen LogP contribution in [-0.4, -0.2) is 37.1 Å². The number of nitrogens with zero attached hydrogens (tertiary/aromatic N) is 1. The third-order valence-electron chi connectivity index (χ3n) is 4.39. The molecule has 1 fully saturated rings. The van der Waals surface area contributed by atoms with Crippen molar-refractivity contribution < 1.29 is 9.53 Å². The van der Waals surface area contributed by atoms with Gasteiger partial charge in [0.05, 0.1) is 6.10 Å². The van der Waals surface area contributed by atoms with Gasteiger partial charge in [-0.05, 0) is 65.8 Å². The van der Waals surface area contributed by atoms with E-state index >= 15 is 0 Å². The quantitative estimate of drug-likeness (QED) is 0.811. The second kappa shape index (κ2) is 7.75. The predicted octanol–water partition coefficient (Wildman–Crippen LogP) is 4.45. The van der Waals surface area contributed by atoms with E-state index in [1.165, 1.54) is 18.4 Å². The van der Waals surface area contributed by atoms with E-state index in [9.17, 15) is 4.79 Å². The van der Waals surface area contributed by atoms with Crippen molar-refractivity contribution in [3.05, 3.63) is 46.7 Å². The van der Waals surface area contributed by atoms with Crippen LogP contribution in [0.1, 0.15) is 36.0 Å². The minimum atomic E-state index is 0.0812. The molecule has 0 radical (unpaired) electrons. The molecule has 1 aromatic carbocycles. The van der Waals surface area contributed by atoms with Crippen LogP contribution in [0.4, 0.5) is 0 Å². The lowest BCUT2D eigenvalue weighted by Gasteiger charge is -2.25. The Morgan fingerprint density at radius 2 is 2.04 bits per heavy atom. The first-order chi connectivity index (χ1) is 11.2. The number of ether oxygens (including phenoxy) is 1. The number of thiophene rings is 1. The first kappa shape index (κ1) is 16.2. The van der Waals surface area contributed by atoms with Gasteiger partial charge in [0, 0.05) is 25.8 Å². The van der Waals surface area contributed by atoms with E-state index in [4.69, 9.17) is 4.74 Å². The highest BCUT2D eigenvalue weighted by Crippen LogP contribution is 2.22. The lowest BCUT2D eigenvalue weighted by atomic mass is 10.1. The topological polar surface area (TPSA) is 29.5 Å². The number of rotatable bonds is 5. The van der Waals surface area contributed by atoms with E-state index in [-0.39, 0.29) is 5.91 Å². The van der Waals surface area contributed by atoms with E-state index in [2.05, 4.69) is 16.8 Å². The lowest BCUT2D eigenvalue weighted by molar-refractivity contribution is 0.00709. The average Bonchev–Trinajstić information content (AvgIpc) is 3.15. The zero-order valence-electron chi connectivity index (χ0n) is 13.5. The summed E-state index contributed by atoms with van der Waals surface area (Å²) in [7, 11) is 1.87. The van der Waals surface area contributed by atoms with Crippen LogP contribution in [0.3, 0.4) is 0 Å². The molecule has 0 aliphatic carbocycles. The Bertz CT molecular complexity index is 615. The summed E-state index contributed by atoms with van der Waals surface area (Å²) in [5.41, 5.74) is 3.11. The number of amides is 1. The molecule has 3 nitrogen and oxygen atoms in total. The van der Waals surface area contributed by atoms with Crippen molar-refractivity contribution in [3.63, 3.8) is 0 Å². The summed E-state index contributed by atoms with van der Waals surface area (Å²) in [6.45, 7) is 1.61. The van der Waals surface area contributed by atoms with Crippen LogP contribution >= 0.6 is 11.3 Å². The average molecular weight is 329 g/mol. The third-order valence-corrected chi connectivity index (χ3v) is 5.08. The second-order valence-corrected chi connectivity index (χ2v) is 6.87. The van der Waals surface area contributed by atoms with Gasteiger partial charge in [-0.25, -0.2) is 0 Å². The van der Waals surface area contributed by atoms with Gasteiger partial charge in [0.15, 0.2) is 0 Å². The molecule has 2 heterocycles. The Kier molecular flexibility index (Phi) is 5.47. The van der Waals surface area contributed by atoms with Gasteiger partial charge in [-0.15, -0.1) is 0 Å². The van der Waals surface area contributed by atoms with Gasteiger partial charge < -0.3 is 9.64 Å². The Balaban J connectivity index is 1.56. The molecule has 1 atom stereocenters. The maximum Gasteiger partial charge on any atom is 0.253 e. The first-order valence-corrected chi connectivity index (χ1v) is 9.18. The third kappa shape index (κ3) is 4.21. The molecule has 1 aliphatic rings. The summed E-state index contributed by atoms with van der Waals surface area (Å²) in [5.74, 6) is 0.0812. The van der Waals surface area contributed by atoms with Gasteiger partial charge in [-0.2, -0.15) is 11.3 Å². The molecule has 0 bridgehead atoms. The number of hydrogen-bond acceptors (Lipinski definition) is 3. The minimum Gasteiger partial charge on any atom is -0.378 e. The van der Waals surface area contributed by atoms with Crippen molar-refractivity contribution >= 4 is 17.2 Å². The van der Waals surface area contributed by atoms with Crippen molar-refractivity contribution in [3.8, 4) is 11.1 Å². The van der Waals surface area contributed by atoms with E-state index < -0.39 is 0 Å². The maximum atomic E-state index is 12.5. The molecule has 1 aliphatic heterocycles. The second-order valence-electron chi connectivity index (χ2n) is 6.09. The van der Waals surface area contributed by atoms with Crippen molar-refractivity contribution in [2.75, 3.05) is 20.2 Å². The smallest absolute Gasteiger partial charge is 0.253 e. The number of carbonyl (C=O) groups is 1. The molecular formula is C19H23NO2S. The summed E-state index contributed by atoms with van der Waals surface area (Å²) in [6.07, 6.45) is 4.78. The van der Waals surface area contributed by atoms with Crippen molar-refractivity contribution in [1.29, 1.82) is 0 Å². The molecule has 23 heavy (non-hydrogen) atoms. The highest BCUT2D eigenvalue weighted by atomic mass is 32.1. The van der Waals surface area contributed by atoms with E-state index in [1.54, 1.807) is 16.2 Å². The van der Waals surface area contributed by atoms with Crippen molar-refractivity contribution in [1.82, 2.24) is 4.90 Å². The molecule has 3 rings (SSSR count). The van der Waals surface area contributed by atoms with Crippen molar-refractivity contribution in [2.45, 2.75) is 31.8 Å². The highest BCUT2D eigenvalue weighted by molar-refractivity contribution is 7.08. The summed E-state index contributed by atoms with van der Waals surface area (Å²) in [5, 5.41) is 4.18. The van der Waals surface area contributed by atoms with E-state index in [0.29, 0.717) is 6.10 Å². The molecular weight excluding hydrogens is 306 g/mol. The molecule has 1 saturated heterocycles. The Morgan fingerprint density at radius 3 is 2.70 bits per heavy atom. The van der Waals surface area contributed by atoms with Gasteiger partial charge in [-0.3, -0.25) is 4.79 Å². The molecule has 1 aromatic heterocycles. The van der Waals surface area contributed by atoms with Crippen LogP contribution in [0.25, 0.3) is 11.1 Å². The van der Waals surface area contributed by atoms with E-state index in [0.717, 1.165) is 37.1 Å². The fourth-order valence-electron chi connectivity index (χ4n) is 2.93. The number of hydrogen-bond donors (Lipinski definition) is 0.